The van der Waals surface area contributed by atoms with Gasteiger partial charge in [-0.1, -0.05) is 39.9 Å². The van der Waals surface area contributed by atoms with Crippen LogP contribution in [0.4, 0.5) is 0 Å². The van der Waals surface area contributed by atoms with Crippen LogP contribution in [0.25, 0.3) is 0 Å². The van der Waals surface area contributed by atoms with Crippen LogP contribution in [0.1, 0.15) is 27.7 Å². The topological polar surface area (TPSA) is 40.5 Å². The summed E-state index contributed by atoms with van der Waals surface area (Å²) in [5.74, 6) is 0.0801. The largest absolute Gasteiger partial charge is 0.395 e. The molecule has 2 unspecified atom stereocenters. The van der Waals surface area contributed by atoms with Gasteiger partial charge in [-0.3, -0.25) is 4.79 Å². The van der Waals surface area contributed by atoms with Crippen molar-refractivity contribution in [3.05, 3.63) is 12.7 Å². The SMILES string of the molecule is C=CC1N([Si](C)(C)C(C)(C)C)C(=O)C1(C)CO. The standard InChI is InChI=1S/C13H25NO2Si/c1-8-10-13(5,9-15)11(16)14(10)17(6,7)12(2,3)4/h8,10,15H,1,9H2,2-7H3. The van der Waals surface area contributed by atoms with Crippen LogP contribution in [0, 0.1) is 5.41 Å². The smallest absolute Gasteiger partial charge is 0.225 e. The highest BCUT2D eigenvalue weighted by atomic mass is 28.3. The maximum Gasteiger partial charge on any atom is 0.225 e. The first-order valence-electron chi connectivity index (χ1n) is 6.11. The van der Waals surface area contributed by atoms with E-state index in [4.69, 9.17) is 0 Å². The Labute approximate surface area is 106 Å². The van der Waals surface area contributed by atoms with Gasteiger partial charge in [0.25, 0.3) is 0 Å². The number of carbonyl (C=O) groups excluding carboxylic acids is 1. The maximum absolute atomic E-state index is 12.3. The van der Waals surface area contributed by atoms with Crippen molar-refractivity contribution in [2.75, 3.05) is 6.61 Å². The molecule has 0 aromatic heterocycles. The fourth-order valence-corrected chi connectivity index (χ4v) is 4.81. The van der Waals surface area contributed by atoms with E-state index in [0.29, 0.717) is 0 Å². The van der Waals surface area contributed by atoms with Gasteiger partial charge in [0, 0.05) is 0 Å². The van der Waals surface area contributed by atoms with Gasteiger partial charge in [-0.05, 0) is 12.0 Å². The van der Waals surface area contributed by atoms with Crippen LogP contribution in [-0.4, -0.2) is 36.5 Å². The van der Waals surface area contributed by atoms with E-state index in [2.05, 4.69) is 40.4 Å². The molecule has 4 heteroatoms. The third kappa shape index (κ3) is 1.78. The van der Waals surface area contributed by atoms with Crippen molar-refractivity contribution >= 4 is 14.1 Å². The number of hydrogen-bond donors (Lipinski definition) is 1. The van der Waals surface area contributed by atoms with Crippen molar-refractivity contribution in [1.29, 1.82) is 0 Å². The van der Waals surface area contributed by atoms with Crippen LogP contribution in [0.5, 0.6) is 0 Å². The minimum atomic E-state index is -1.87. The van der Waals surface area contributed by atoms with Gasteiger partial charge in [0.1, 0.15) is 0 Å². The van der Waals surface area contributed by atoms with Gasteiger partial charge >= 0.3 is 0 Å². The Balaban J connectivity index is 3.11. The molecule has 17 heavy (non-hydrogen) atoms. The number of amides is 1. The lowest BCUT2D eigenvalue weighted by Crippen LogP contribution is -2.77. The number of hydrogen-bond acceptors (Lipinski definition) is 2. The quantitative estimate of drug-likeness (QED) is 0.478. The van der Waals surface area contributed by atoms with Gasteiger partial charge in [-0.15, -0.1) is 6.58 Å². The summed E-state index contributed by atoms with van der Waals surface area (Å²) in [6, 6.07) is -0.0270. The molecule has 0 aromatic rings. The van der Waals surface area contributed by atoms with E-state index in [-0.39, 0.29) is 23.6 Å². The zero-order chi connectivity index (χ0) is 13.6. The molecule has 0 saturated carbocycles. The average molecular weight is 255 g/mol. The second-order valence-corrected chi connectivity index (χ2v) is 11.8. The monoisotopic (exact) mass is 255 g/mol. The van der Waals surface area contributed by atoms with Crippen molar-refractivity contribution in [2.45, 2.75) is 51.9 Å². The Kier molecular flexibility index (Phi) is 3.36. The first-order valence-corrected chi connectivity index (χ1v) is 9.06. The van der Waals surface area contributed by atoms with Gasteiger partial charge in [0.05, 0.1) is 18.1 Å². The molecular formula is C13H25NO2Si. The highest BCUT2D eigenvalue weighted by molar-refractivity contribution is 6.80. The molecule has 1 heterocycles. The summed E-state index contributed by atoms with van der Waals surface area (Å²) in [4.78, 5) is 12.3. The predicted octanol–water partition coefficient (Wildman–Crippen LogP) is 2.39. The molecule has 1 rings (SSSR count). The van der Waals surface area contributed by atoms with Gasteiger partial charge in [-0.2, -0.15) is 0 Å². The van der Waals surface area contributed by atoms with E-state index >= 15 is 0 Å². The van der Waals surface area contributed by atoms with Crippen LogP contribution >= 0.6 is 0 Å². The molecule has 0 bridgehead atoms. The van der Waals surface area contributed by atoms with Crippen molar-refractivity contribution in [3.8, 4) is 0 Å². The number of aliphatic hydroxyl groups excluding tert-OH is 1. The molecule has 2 atom stereocenters. The highest BCUT2D eigenvalue weighted by Gasteiger charge is 2.62. The van der Waals surface area contributed by atoms with Gasteiger partial charge in [0.15, 0.2) is 8.24 Å². The van der Waals surface area contributed by atoms with Crippen LogP contribution in [-0.2, 0) is 4.79 Å². The van der Waals surface area contributed by atoms with Crippen molar-refractivity contribution in [3.63, 3.8) is 0 Å². The highest BCUT2D eigenvalue weighted by Crippen LogP contribution is 2.49. The molecular weight excluding hydrogens is 230 g/mol. The lowest BCUT2D eigenvalue weighted by molar-refractivity contribution is -0.160. The summed E-state index contributed by atoms with van der Waals surface area (Å²) in [5, 5.41) is 9.54. The number of aliphatic hydroxyl groups is 1. The Bertz CT molecular complexity index is 346. The average Bonchev–Trinajstić information content (AvgIpc) is 2.21. The Morgan fingerprint density at radius 2 is 2.00 bits per heavy atom. The van der Waals surface area contributed by atoms with Crippen LogP contribution in [0.3, 0.4) is 0 Å². The molecule has 1 amide bonds. The lowest BCUT2D eigenvalue weighted by atomic mass is 9.75. The second-order valence-electron chi connectivity index (χ2n) is 6.74. The first kappa shape index (κ1) is 14.4. The van der Waals surface area contributed by atoms with Gasteiger partial charge in [0.2, 0.25) is 5.91 Å². The molecule has 0 aliphatic carbocycles. The summed E-state index contributed by atoms with van der Waals surface area (Å²) in [6.07, 6.45) is 1.80. The predicted molar refractivity (Wildman–Crippen MR) is 73.2 cm³/mol. The number of nitrogens with zero attached hydrogens (tertiary/aromatic N) is 1. The Hall–Kier alpha value is -0.613. The minimum Gasteiger partial charge on any atom is -0.395 e. The summed E-state index contributed by atoms with van der Waals surface area (Å²) in [5.41, 5.74) is -0.655. The molecule has 0 spiro atoms. The fraction of sp³-hybridized carbons (Fsp3) is 0.769. The summed E-state index contributed by atoms with van der Waals surface area (Å²) >= 11 is 0. The summed E-state index contributed by atoms with van der Waals surface area (Å²) in [7, 11) is -1.87. The molecule has 1 fully saturated rings. The number of carbonyl (C=O) groups is 1. The molecule has 0 radical (unpaired) electrons. The zero-order valence-electron chi connectivity index (χ0n) is 11.9. The summed E-state index contributed by atoms with van der Waals surface area (Å²) < 4.78 is 2.00. The second kappa shape index (κ2) is 3.95. The number of rotatable bonds is 3. The van der Waals surface area contributed by atoms with E-state index < -0.39 is 13.7 Å². The molecule has 1 aliphatic rings. The Morgan fingerprint density at radius 3 is 2.29 bits per heavy atom. The number of β-lactam (4-membered cyclic amide) rings is 1. The molecule has 3 nitrogen and oxygen atoms in total. The van der Waals surface area contributed by atoms with E-state index in [1.54, 1.807) is 6.08 Å². The van der Waals surface area contributed by atoms with E-state index in [1.807, 2.05) is 11.5 Å². The third-order valence-corrected chi connectivity index (χ3v) is 9.98. The van der Waals surface area contributed by atoms with E-state index in [1.165, 1.54) is 0 Å². The van der Waals surface area contributed by atoms with Crippen molar-refractivity contribution in [1.82, 2.24) is 4.57 Å². The Morgan fingerprint density at radius 1 is 1.53 bits per heavy atom. The third-order valence-electron chi connectivity index (χ3n) is 4.63. The van der Waals surface area contributed by atoms with Crippen LogP contribution in [0.15, 0.2) is 12.7 Å². The zero-order valence-corrected chi connectivity index (χ0v) is 12.9. The van der Waals surface area contributed by atoms with E-state index in [0.717, 1.165) is 0 Å². The normalized spacial score (nSPS) is 30.2. The summed E-state index contributed by atoms with van der Waals surface area (Å²) in [6.45, 7) is 16.5. The van der Waals surface area contributed by atoms with Gasteiger partial charge in [-0.25, -0.2) is 0 Å². The van der Waals surface area contributed by atoms with Gasteiger partial charge < -0.3 is 9.67 Å². The molecule has 98 valence electrons. The fourth-order valence-electron chi connectivity index (χ4n) is 2.24. The molecule has 1 saturated heterocycles. The minimum absolute atomic E-state index is 0.0270. The molecule has 1 N–H and O–H groups in total. The van der Waals surface area contributed by atoms with Crippen LogP contribution in [0.2, 0.25) is 18.1 Å². The maximum atomic E-state index is 12.3. The van der Waals surface area contributed by atoms with E-state index in [9.17, 15) is 9.90 Å². The molecule has 1 aliphatic heterocycles. The van der Waals surface area contributed by atoms with Crippen molar-refractivity contribution in [2.24, 2.45) is 5.41 Å². The lowest BCUT2D eigenvalue weighted by Gasteiger charge is -2.61. The van der Waals surface area contributed by atoms with Crippen molar-refractivity contribution < 1.29 is 9.90 Å². The van der Waals surface area contributed by atoms with Crippen LogP contribution < -0.4 is 0 Å². The first-order chi connectivity index (χ1) is 7.54. The molecule has 0 aromatic carbocycles.